The van der Waals surface area contributed by atoms with Crippen molar-refractivity contribution in [1.82, 2.24) is 10.6 Å². The van der Waals surface area contributed by atoms with Gasteiger partial charge in [0.1, 0.15) is 5.60 Å². The molecule has 0 aromatic heterocycles. The van der Waals surface area contributed by atoms with E-state index in [1.54, 1.807) is 6.07 Å². The number of esters is 1. The van der Waals surface area contributed by atoms with Crippen LogP contribution in [0.2, 0.25) is 0 Å². The summed E-state index contributed by atoms with van der Waals surface area (Å²) in [4.78, 5) is 35.3. The molecule has 3 amide bonds. The third-order valence-corrected chi connectivity index (χ3v) is 4.71. The normalized spacial score (nSPS) is 17.4. The van der Waals surface area contributed by atoms with Gasteiger partial charge in [0.15, 0.2) is 24.7 Å². The first-order valence-electron chi connectivity index (χ1n) is 9.52. The molecule has 2 N–H and O–H groups in total. The maximum Gasteiger partial charge on any atom is 0.344 e. The average Bonchev–Trinajstić information content (AvgIpc) is 3.23. The maximum absolute atomic E-state index is 11.8. The van der Waals surface area contributed by atoms with Crippen LogP contribution in [0.1, 0.15) is 45.1 Å². The summed E-state index contributed by atoms with van der Waals surface area (Å²) in [6.07, 6.45) is 4.73. The van der Waals surface area contributed by atoms with Gasteiger partial charge in [0, 0.05) is 18.0 Å². The van der Waals surface area contributed by atoms with Crippen LogP contribution in [-0.2, 0) is 20.7 Å². The Morgan fingerprint density at radius 2 is 1.93 bits per heavy atom. The second-order valence-electron chi connectivity index (χ2n) is 7.74. The van der Waals surface area contributed by atoms with Crippen LogP contribution in [0, 0.1) is 0 Å². The number of ether oxygens (including phenoxy) is 3. The average molecular weight is 390 g/mol. The lowest BCUT2D eigenvalue weighted by atomic mass is 10.0. The number of carbonyl (C=O) groups excluding carboxylic acids is 3. The number of imide groups is 1. The molecule has 1 fully saturated rings. The Hall–Kier alpha value is -2.77. The van der Waals surface area contributed by atoms with Gasteiger partial charge in [-0.3, -0.25) is 10.1 Å². The van der Waals surface area contributed by atoms with E-state index in [1.807, 2.05) is 26.0 Å². The maximum atomic E-state index is 11.8. The highest BCUT2D eigenvalue weighted by atomic mass is 16.6. The molecule has 1 heterocycles. The fourth-order valence-corrected chi connectivity index (χ4v) is 3.48. The molecular formula is C20H26N2O6. The van der Waals surface area contributed by atoms with E-state index in [0.29, 0.717) is 11.5 Å². The fourth-order valence-electron chi connectivity index (χ4n) is 3.48. The number of amides is 3. The van der Waals surface area contributed by atoms with Gasteiger partial charge in [-0.1, -0.05) is 25.0 Å². The van der Waals surface area contributed by atoms with E-state index in [9.17, 15) is 14.4 Å². The van der Waals surface area contributed by atoms with E-state index >= 15 is 0 Å². The molecule has 0 radical (unpaired) electrons. The quantitative estimate of drug-likeness (QED) is 0.721. The summed E-state index contributed by atoms with van der Waals surface area (Å²) in [5.41, 5.74) is 0.697. The Kier molecular flexibility index (Phi) is 6.06. The van der Waals surface area contributed by atoms with Crippen LogP contribution in [0.3, 0.4) is 0 Å². The summed E-state index contributed by atoms with van der Waals surface area (Å²) in [5.74, 6) is -0.308. The van der Waals surface area contributed by atoms with Crippen molar-refractivity contribution in [3.63, 3.8) is 0 Å². The van der Waals surface area contributed by atoms with Gasteiger partial charge in [0.25, 0.3) is 5.91 Å². The molecular weight excluding hydrogens is 364 g/mol. The number of benzene rings is 1. The highest BCUT2D eigenvalue weighted by Crippen LogP contribution is 2.41. The van der Waals surface area contributed by atoms with E-state index in [-0.39, 0.29) is 18.2 Å². The van der Waals surface area contributed by atoms with E-state index in [1.165, 1.54) is 0 Å². The van der Waals surface area contributed by atoms with Gasteiger partial charge in [-0.2, -0.15) is 0 Å². The SMILES string of the molecule is CC1(C)Cc2cccc(OCC(=O)OCC(=O)NC(=O)NC3CCCC3)c2O1. The highest BCUT2D eigenvalue weighted by Gasteiger charge is 2.32. The standard InChI is InChI=1S/C20H26N2O6/c1-20(2)10-13-6-5-9-15(18(13)28-20)26-12-17(24)27-11-16(23)22-19(25)21-14-7-3-4-8-14/h5-6,9,14H,3-4,7-8,10-12H2,1-2H3,(H2,21,22,23,25). The van der Waals surface area contributed by atoms with Crippen molar-refractivity contribution in [2.75, 3.05) is 13.2 Å². The molecule has 8 heteroatoms. The van der Waals surface area contributed by atoms with E-state index in [4.69, 9.17) is 14.2 Å². The molecule has 0 spiro atoms. The molecule has 28 heavy (non-hydrogen) atoms. The predicted octanol–water partition coefficient (Wildman–Crippen LogP) is 2.09. The van der Waals surface area contributed by atoms with Gasteiger partial charge in [-0.15, -0.1) is 0 Å². The number of carbonyl (C=O) groups is 3. The largest absolute Gasteiger partial charge is 0.483 e. The number of hydrogen-bond acceptors (Lipinski definition) is 6. The van der Waals surface area contributed by atoms with E-state index in [2.05, 4.69) is 10.6 Å². The van der Waals surface area contributed by atoms with Gasteiger partial charge in [0.2, 0.25) is 0 Å². The van der Waals surface area contributed by atoms with Crippen molar-refractivity contribution >= 4 is 17.9 Å². The molecule has 0 saturated heterocycles. The lowest BCUT2D eigenvalue weighted by molar-refractivity contribution is -0.150. The molecule has 2 aliphatic rings. The zero-order chi connectivity index (χ0) is 20.1. The lowest BCUT2D eigenvalue weighted by Gasteiger charge is -2.18. The monoisotopic (exact) mass is 390 g/mol. The van der Waals surface area contributed by atoms with E-state index < -0.39 is 24.5 Å². The highest BCUT2D eigenvalue weighted by molar-refractivity contribution is 5.95. The molecule has 1 saturated carbocycles. The Balaban J connectivity index is 1.39. The number of rotatable bonds is 6. The molecule has 0 unspecified atom stereocenters. The first kappa shape index (κ1) is 20.0. The molecule has 8 nitrogen and oxygen atoms in total. The molecule has 1 aromatic carbocycles. The number of nitrogens with one attached hydrogen (secondary N) is 2. The van der Waals surface area contributed by atoms with Gasteiger partial charge < -0.3 is 19.5 Å². The first-order valence-corrected chi connectivity index (χ1v) is 9.52. The summed E-state index contributed by atoms with van der Waals surface area (Å²) in [6.45, 7) is 3.05. The van der Waals surface area contributed by atoms with Crippen LogP contribution in [-0.4, -0.2) is 42.8 Å². The molecule has 1 aliphatic heterocycles. The molecule has 1 aromatic rings. The third-order valence-electron chi connectivity index (χ3n) is 4.71. The third kappa shape index (κ3) is 5.37. The summed E-state index contributed by atoms with van der Waals surface area (Å²) in [7, 11) is 0. The second kappa shape index (κ2) is 8.50. The van der Waals surface area contributed by atoms with Crippen LogP contribution >= 0.6 is 0 Å². The summed E-state index contributed by atoms with van der Waals surface area (Å²) >= 11 is 0. The minimum Gasteiger partial charge on any atom is -0.483 e. The smallest absolute Gasteiger partial charge is 0.344 e. The minimum atomic E-state index is -0.707. The summed E-state index contributed by atoms with van der Waals surface area (Å²) in [5, 5.41) is 4.88. The Labute approximate surface area is 163 Å². The molecule has 152 valence electrons. The number of hydrogen-bond donors (Lipinski definition) is 2. The summed E-state index contributed by atoms with van der Waals surface area (Å²) in [6, 6.07) is 5.04. The minimum absolute atomic E-state index is 0.101. The molecule has 0 atom stereocenters. The molecule has 0 bridgehead atoms. The number of fused-ring (bicyclic) bond motifs is 1. The Morgan fingerprint density at radius 3 is 2.68 bits per heavy atom. The van der Waals surface area contributed by atoms with Crippen molar-refractivity contribution in [1.29, 1.82) is 0 Å². The van der Waals surface area contributed by atoms with Crippen molar-refractivity contribution < 1.29 is 28.6 Å². The number of para-hydroxylation sites is 1. The van der Waals surface area contributed by atoms with Crippen LogP contribution in [0.5, 0.6) is 11.5 Å². The zero-order valence-corrected chi connectivity index (χ0v) is 16.2. The van der Waals surface area contributed by atoms with Gasteiger partial charge in [0.05, 0.1) is 0 Å². The number of urea groups is 1. The van der Waals surface area contributed by atoms with Crippen LogP contribution < -0.4 is 20.1 Å². The second-order valence-corrected chi connectivity index (χ2v) is 7.74. The Morgan fingerprint density at radius 1 is 1.18 bits per heavy atom. The Bertz CT molecular complexity index is 755. The van der Waals surface area contributed by atoms with Crippen molar-refractivity contribution in [3.05, 3.63) is 23.8 Å². The van der Waals surface area contributed by atoms with Crippen molar-refractivity contribution in [2.45, 2.75) is 57.6 Å². The zero-order valence-electron chi connectivity index (χ0n) is 16.2. The van der Waals surface area contributed by atoms with Crippen LogP contribution in [0.25, 0.3) is 0 Å². The van der Waals surface area contributed by atoms with Crippen molar-refractivity contribution in [2.24, 2.45) is 0 Å². The van der Waals surface area contributed by atoms with E-state index in [0.717, 1.165) is 37.7 Å². The molecule has 3 rings (SSSR count). The first-order chi connectivity index (χ1) is 13.3. The van der Waals surface area contributed by atoms with Gasteiger partial charge in [-0.25, -0.2) is 9.59 Å². The fraction of sp³-hybridized carbons (Fsp3) is 0.550. The van der Waals surface area contributed by atoms with Crippen molar-refractivity contribution in [3.8, 4) is 11.5 Å². The lowest BCUT2D eigenvalue weighted by Crippen LogP contribution is -2.45. The molecule has 1 aliphatic carbocycles. The summed E-state index contributed by atoms with van der Waals surface area (Å²) < 4.78 is 16.2. The topological polar surface area (TPSA) is 103 Å². The van der Waals surface area contributed by atoms with Crippen LogP contribution in [0.15, 0.2) is 18.2 Å². The van der Waals surface area contributed by atoms with Gasteiger partial charge in [-0.05, 0) is 32.8 Å². The van der Waals surface area contributed by atoms with Crippen LogP contribution in [0.4, 0.5) is 4.79 Å². The predicted molar refractivity (Wildman–Crippen MR) is 100 cm³/mol. The van der Waals surface area contributed by atoms with Gasteiger partial charge >= 0.3 is 12.0 Å².